The molecular formula is C11H17N3. The van der Waals surface area contributed by atoms with Crippen molar-refractivity contribution >= 4 is 18.5 Å². The normalized spacial score (nSPS) is 14.1. The van der Waals surface area contributed by atoms with Crippen molar-refractivity contribution in [3.8, 4) is 0 Å². The Bertz CT molecular complexity index is 438. The van der Waals surface area contributed by atoms with Gasteiger partial charge in [0.1, 0.15) is 0 Å². The van der Waals surface area contributed by atoms with Crippen LogP contribution in [0.5, 0.6) is 0 Å². The van der Waals surface area contributed by atoms with Crippen molar-refractivity contribution in [2.75, 3.05) is 0 Å². The summed E-state index contributed by atoms with van der Waals surface area (Å²) in [6.07, 6.45) is 3.57. The van der Waals surface area contributed by atoms with Gasteiger partial charge in [-0.3, -0.25) is 9.67 Å². The standard InChI is InChI=1S/C11H17N3/c1-6-12-10(8(2)3)11-9(4)7-13-14(11)5/h6-8H,4H2,1-3,5H3/b11-10+,12-6-. The molecule has 0 saturated carbocycles. The molecule has 0 unspecified atom stereocenters. The van der Waals surface area contributed by atoms with Crippen LogP contribution < -0.4 is 10.6 Å². The van der Waals surface area contributed by atoms with E-state index in [0.717, 1.165) is 16.3 Å². The Morgan fingerprint density at radius 1 is 1.64 bits per heavy atom. The second-order valence-corrected chi connectivity index (χ2v) is 3.57. The lowest BCUT2D eigenvalue weighted by atomic mass is 10.1. The highest BCUT2D eigenvalue weighted by Gasteiger charge is 2.05. The second-order valence-electron chi connectivity index (χ2n) is 3.57. The fourth-order valence-corrected chi connectivity index (χ4v) is 1.44. The van der Waals surface area contributed by atoms with Crippen molar-refractivity contribution < 1.29 is 0 Å². The predicted octanol–water partition coefficient (Wildman–Crippen LogP) is 0.685. The van der Waals surface area contributed by atoms with Gasteiger partial charge in [-0.15, -0.1) is 0 Å². The highest BCUT2D eigenvalue weighted by atomic mass is 15.2. The van der Waals surface area contributed by atoms with Gasteiger partial charge in [-0.25, -0.2) is 0 Å². The molecule has 0 spiro atoms. The van der Waals surface area contributed by atoms with Crippen molar-refractivity contribution in [3.05, 3.63) is 16.8 Å². The summed E-state index contributed by atoms with van der Waals surface area (Å²) in [5, 5.41) is 6.12. The molecule has 76 valence electrons. The summed E-state index contributed by atoms with van der Waals surface area (Å²) in [7, 11) is 1.91. The quantitative estimate of drug-likeness (QED) is 0.632. The minimum absolute atomic E-state index is 0.377. The van der Waals surface area contributed by atoms with Gasteiger partial charge >= 0.3 is 0 Å². The first kappa shape index (κ1) is 10.7. The molecule has 0 N–H and O–H groups in total. The molecule has 14 heavy (non-hydrogen) atoms. The summed E-state index contributed by atoms with van der Waals surface area (Å²) in [5.74, 6) is 0.377. The average Bonchev–Trinajstić information content (AvgIpc) is 2.43. The van der Waals surface area contributed by atoms with E-state index >= 15 is 0 Å². The van der Waals surface area contributed by atoms with Crippen molar-refractivity contribution in [1.29, 1.82) is 0 Å². The minimum Gasteiger partial charge on any atom is -0.266 e. The van der Waals surface area contributed by atoms with Crippen LogP contribution in [-0.2, 0) is 7.05 Å². The molecule has 0 atom stereocenters. The number of rotatable bonds is 2. The Labute approximate surface area is 84.5 Å². The fourth-order valence-electron chi connectivity index (χ4n) is 1.44. The predicted molar refractivity (Wildman–Crippen MR) is 60.4 cm³/mol. The lowest BCUT2D eigenvalue weighted by Crippen LogP contribution is -2.30. The highest BCUT2D eigenvalue weighted by Crippen LogP contribution is 2.08. The van der Waals surface area contributed by atoms with Gasteiger partial charge in [-0.1, -0.05) is 20.4 Å². The first-order valence-corrected chi connectivity index (χ1v) is 4.77. The number of nitrogens with zero attached hydrogens (tertiary/aromatic N) is 3. The Kier molecular flexibility index (Phi) is 3.23. The number of hydrogen-bond donors (Lipinski definition) is 0. The number of aryl methyl sites for hydroxylation is 1. The summed E-state index contributed by atoms with van der Waals surface area (Å²) in [5.41, 5.74) is 1.04. The SMILES string of the molecule is C=c1cnn(C)/c1=C(/N=C\C)C(C)C. The van der Waals surface area contributed by atoms with Gasteiger partial charge in [0.25, 0.3) is 0 Å². The third-order valence-corrected chi connectivity index (χ3v) is 2.07. The van der Waals surface area contributed by atoms with E-state index in [2.05, 4.69) is 30.5 Å². The van der Waals surface area contributed by atoms with E-state index in [9.17, 15) is 0 Å². The van der Waals surface area contributed by atoms with Crippen molar-refractivity contribution in [3.63, 3.8) is 0 Å². The topological polar surface area (TPSA) is 30.2 Å². The molecule has 3 heteroatoms. The van der Waals surface area contributed by atoms with E-state index in [1.165, 1.54) is 0 Å². The Morgan fingerprint density at radius 3 is 2.64 bits per heavy atom. The number of hydrogen-bond acceptors (Lipinski definition) is 2. The average molecular weight is 191 g/mol. The van der Waals surface area contributed by atoms with Crippen LogP contribution in [0.2, 0.25) is 0 Å². The maximum Gasteiger partial charge on any atom is 0.0890 e. The van der Waals surface area contributed by atoms with Crippen LogP contribution >= 0.6 is 0 Å². The Morgan fingerprint density at radius 2 is 2.29 bits per heavy atom. The van der Waals surface area contributed by atoms with Crippen LogP contribution in [0.25, 0.3) is 12.3 Å². The van der Waals surface area contributed by atoms with Crippen molar-refractivity contribution in [2.24, 2.45) is 18.0 Å². The molecule has 0 aliphatic heterocycles. The van der Waals surface area contributed by atoms with Crippen LogP contribution in [0.15, 0.2) is 11.2 Å². The molecule has 0 aliphatic rings. The maximum absolute atomic E-state index is 4.38. The van der Waals surface area contributed by atoms with Crippen LogP contribution in [0.1, 0.15) is 20.8 Å². The highest BCUT2D eigenvalue weighted by molar-refractivity contribution is 5.63. The van der Waals surface area contributed by atoms with Gasteiger partial charge in [0.2, 0.25) is 0 Å². The number of aliphatic imine (C=N–C) groups is 1. The largest absolute Gasteiger partial charge is 0.266 e. The van der Waals surface area contributed by atoms with E-state index in [-0.39, 0.29) is 0 Å². The molecule has 0 aromatic carbocycles. The second kappa shape index (κ2) is 4.22. The van der Waals surface area contributed by atoms with Gasteiger partial charge in [-0.05, 0) is 12.8 Å². The molecule has 0 radical (unpaired) electrons. The van der Waals surface area contributed by atoms with E-state index in [1.807, 2.05) is 24.9 Å². The molecule has 1 aromatic heterocycles. The van der Waals surface area contributed by atoms with E-state index < -0.39 is 0 Å². The summed E-state index contributed by atoms with van der Waals surface area (Å²) >= 11 is 0. The molecular weight excluding hydrogens is 174 g/mol. The summed E-state index contributed by atoms with van der Waals surface area (Å²) in [4.78, 5) is 4.38. The first-order chi connectivity index (χ1) is 6.57. The van der Waals surface area contributed by atoms with E-state index in [0.29, 0.717) is 5.92 Å². The summed E-state index contributed by atoms with van der Waals surface area (Å²) < 4.78 is 1.82. The molecule has 0 saturated heterocycles. The number of aromatic nitrogens is 2. The van der Waals surface area contributed by atoms with Crippen LogP contribution in [-0.4, -0.2) is 16.0 Å². The lowest BCUT2D eigenvalue weighted by Gasteiger charge is -2.05. The summed E-state index contributed by atoms with van der Waals surface area (Å²) in [6, 6.07) is 0. The van der Waals surface area contributed by atoms with Gasteiger partial charge in [0.15, 0.2) is 0 Å². The van der Waals surface area contributed by atoms with Crippen LogP contribution in [0.4, 0.5) is 0 Å². The smallest absolute Gasteiger partial charge is 0.0890 e. The first-order valence-electron chi connectivity index (χ1n) is 4.77. The zero-order chi connectivity index (χ0) is 10.7. The molecule has 0 amide bonds. The molecule has 1 aromatic rings. The third-order valence-electron chi connectivity index (χ3n) is 2.07. The molecule has 3 nitrogen and oxygen atoms in total. The van der Waals surface area contributed by atoms with E-state index in [1.54, 1.807) is 6.20 Å². The molecule has 0 fully saturated rings. The van der Waals surface area contributed by atoms with E-state index in [4.69, 9.17) is 0 Å². The summed E-state index contributed by atoms with van der Waals surface area (Å²) in [6.45, 7) is 10.1. The zero-order valence-corrected chi connectivity index (χ0v) is 9.28. The lowest BCUT2D eigenvalue weighted by molar-refractivity contribution is 0.722. The Hall–Kier alpha value is -1.38. The van der Waals surface area contributed by atoms with Crippen molar-refractivity contribution in [2.45, 2.75) is 20.8 Å². The monoisotopic (exact) mass is 191 g/mol. The fraction of sp³-hybridized carbons (Fsp3) is 0.455. The van der Waals surface area contributed by atoms with Gasteiger partial charge < -0.3 is 0 Å². The molecule has 0 bridgehead atoms. The van der Waals surface area contributed by atoms with Crippen LogP contribution in [0, 0.1) is 5.92 Å². The molecule has 0 aliphatic carbocycles. The van der Waals surface area contributed by atoms with Gasteiger partial charge in [-0.2, -0.15) is 5.10 Å². The van der Waals surface area contributed by atoms with Gasteiger partial charge in [0, 0.05) is 18.5 Å². The van der Waals surface area contributed by atoms with Crippen molar-refractivity contribution in [1.82, 2.24) is 9.78 Å². The van der Waals surface area contributed by atoms with Gasteiger partial charge in [0.05, 0.1) is 17.2 Å². The zero-order valence-electron chi connectivity index (χ0n) is 9.28. The van der Waals surface area contributed by atoms with Crippen LogP contribution in [0.3, 0.4) is 0 Å². The molecule has 1 heterocycles. The maximum atomic E-state index is 4.38. The minimum atomic E-state index is 0.377. The molecule has 1 rings (SSSR count). The third kappa shape index (κ3) is 1.92. The Balaban J connectivity index is 3.59.